The second-order valence-corrected chi connectivity index (χ2v) is 4.08. The highest BCUT2D eigenvalue weighted by Gasteiger charge is 2.14. The van der Waals surface area contributed by atoms with Gasteiger partial charge in [0.25, 0.3) is 0 Å². The van der Waals surface area contributed by atoms with E-state index in [0.717, 1.165) is 18.7 Å². The Kier molecular flexibility index (Phi) is 3.50. The highest BCUT2D eigenvalue weighted by molar-refractivity contribution is 5.53. The Labute approximate surface area is 105 Å². The molecule has 2 aromatic rings. The van der Waals surface area contributed by atoms with E-state index in [1.54, 1.807) is 16.8 Å². The normalized spacial score (nSPS) is 10.6. The van der Waals surface area contributed by atoms with Crippen LogP contribution in [-0.2, 0) is 6.54 Å². The number of anilines is 1. The van der Waals surface area contributed by atoms with Crippen molar-refractivity contribution in [1.82, 2.24) is 9.78 Å². The lowest BCUT2D eigenvalue weighted by Crippen LogP contribution is -2.02. The highest BCUT2D eigenvalue weighted by Crippen LogP contribution is 2.30. The van der Waals surface area contributed by atoms with Gasteiger partial charge in [0, 0.05) is 6.54 Å². The van der Waals surface area contributed by atoms with Gasteiger partial charge in [-0.1, -0.05) is 6.92 Å². The van der Waals surface area contributed by atoms with Crippen LogP contribution in [0, 0.1) is 12.7 Å². The van der Waals surface area contributed by atoms with Gasteiger partial charge >= 0.3 is 0 Å². The summed E-state index contributed by atoms with van der Waals surface area (Å²) in [6, 6.07) is 5.82. The molecule has 0 aliphatic carbocycles. The maximum atomic E-state index is 12.8. The van der Waals surface area contributed by atoms with Crippen LogP contribution in [0.2, 0.25) is 0 Å². The number of rotatable bonds is 4. The van der Waals surface area contributed by atoms with Crippen molar-refractivity contribution in [3.8, 4) is 11.6 Å². The number of halogens is 1. The highest BCUT2D eigenvalue weighted by atomic mass is 19.1. The largest absolute Gasteiger partial charge is 0.437 e. The van der Waals surface area contributed by atoms with Crippen molar-refractivity contribution in [3.05, 3.63) is 35.8 Å². The Morgan fingerprint density at radius 2 is 2.00 bits per heavy atom. The minimum absolute atomic E-state index is 0.298. The summed E-state index contributed by atoms with van der Waals surface area (Å²) in [6.45, 7) is 4.61. The van der Waals surface area contributed by atoms with Gasteiger partial charge in [-0.05, 0) is 37.6 Å². The number of nitrogen functional groups attached to an aromatic ring is 1. The molecule has 0 unspecified atom stereocenters. The predicted molar refractivity (Wildman–Crippen MR) is 68.1 cm³/mol. The average molecular weight is 249 g/mol. The summed E-state index contributed by atoms with van der Waals surface area (Å²) in [5.74, 6) is 0.759. The zero-order chi connectivity index (χ0) is 13.1. The number of ether oxygens (including phenoxy) is 1. The first kappa shape index (κ1) is 12.4. The van der Waals surface area contributed by atoms with Gasteiger partial charge in [0.1, 0.15) is 17.3 Å². The monoisotopic (exact) mass is 249 g/mol. The van der Waals surface area contributed by atoms with Gasteiger partial charge in [-0.25, -0.2) is 9.07 Å². The lowest BCUT2D eigenvalue weighted by molar-refractivity contribution is 0.409. The quantitative estimate of drug-likeness (QED) is 0.905. The number of hydrogen-bond acceptors (Lipinski definition) is 3. The molecule has 0 aliphatic heterocycles. The average Bonchev–Trinajstić information content (AvgIpc) is 2.60. The van der Waals surface area contributed by atoms with Crippen LogP contribution in [0.3, 0.4) is 0 Å². The molecule has 0 amide bonds. The molecule has 0 saturated carbocycles. The fraction of sp³-hybridized carbons (Fsp3) is 0.308. The first-order valence-electron chi connectivity index (χ1n) is 5.88. The standard InChI is InChI=1S/C13H16FN3O/c1-3-8-17-13(12(15)9(2)16-17)18-11-6-4-10(14)5-7-11/h4-7H,3,8,15H2,1-2H3. The smallest absolute Gasteiger partial charge is 0.241 e. The predicted octanol–water partition coefficient (Wildman–Crippen LogP) is 3.12. The molecule has 5 heteroatoms. The second-order valence-electron chi connectivity index (χ2n) is 4.08. The van der Waals surface area contributed by atoms with E-state index in [9.17, 15) is 4.39 Å². The number of benzene rings is 1. The number of aryl methyl sites for hydroxylation is 2. The summed E-state index contributed by atoms with van der Waals surface area (Å²) in [5, 5.41) is 4.31. The molecule has 4 nitrogen and oxygen atoms in total. The molecule has 2 rings (SSSR count). The van der Waals surface area contributed by atoms with Crippen LogP contribution in [0.15, 0.2) is 24.3 Å². The second kappa shape index (κ2) is 5.08. The van der Waals surface area contributed by atoms with Crippen molar-refractivity contribution in [3.63, 3.8) is 0 Å². The van der Waals surface area contributed by atoms with Gasteiger partial charge in [0.15, 0.2) is 0 Å². The molecule has 0 atom stereocenters. The van der Waals surface area contributed by atoms with Crippen LogP contribution in [0.5, 0.6) is 11.6 Å². The Bertz CT molecular complexity index is 534. The zero-order valence-electron chi connectivity index (χ0n) is 10.5. The Hall–Kier alpha value is -2.04. The van der Waals surface area contributed by atoms with E-state index >= 15 is 0 Å². The first-order valence-corrected chi connectivity index (χ1v) is 5.88. The molecule has 0 bridgehead atoms. The van der Waals surface area contributed by atoms with Crippen molar-refractivity contribution >= 4 is 5.69 Å². The third kappa shape index (κ3) is 2.45. The first-order chi connectivity index (χ1) is 8.61. The van der Waals surface area contributed by atoms with Gasteiger partial charge in [-0.2, -0.15) is 5.10 Å². The van der Waals surface area contributed by atoms with Gasteiger partial charge in [-0.3, -0.25) is 0 Å². The van der Waals surface area contributed by atoms with Crippen molar-refractivity contribution in [2.45, 2.75) is 26.8 Å². The fourth-order valence-corrected chi connectivity index (χ4v) is 1.66. The molecule has 1 aromatic carbocycles. The van der Waals surface area contributed by atoms with Crippen LogP contribution < -0.4 is 10.5 Å². The van der Waals surface area contributed by atoms with Crippen molar-refractivity contribution in [2.75, 3.05) is 5.73 Å². The minimum atomic E-state index is -0.298. The van der Waals surface area contributed by atoms with E-state index in [-0.39, 0.29) is 5.82 Å². The van der Waals surface area contributed by atoms with Gasteiger partial charge in [0.2, 0.25) is 5.88 Å². The van der Waals surface area contributed by atoms with Crippen molar-refractivity contribution in [1.29, 1.82) is 0 Å². The SMILES string of the molecule is CCCn1nc(C)c(N)c1Oc1ccc(F)cc1. The molecule has 0 aliphatic rings. The van der Waals surface area contributed by atoms with E-state index < -0.39 is 0 Å². The van der Waals surface area contributed by atoms with Crippen molar-refractivity contribution < 1.29 is 9.13 Å². The van der Waals surface area contributed by atoms with Crippen LogP contribution >= 0.6 is 0 Å². The zero-order valence-corrected chi connectivity index (χ0v) is 10.5. The molecule has 0 radical (unpaired) electrons. The summed E-state index contributed by atoms with van der Waals surface area (Å²) in [4.78, 5) is 0. The molecule has 1 aromatic heterocycles. The Balaban J connectivity index is 2.30. The Morgan fingerprint density at radius 3 is 2.61 bits per heavy atom. The Morgan fingerprint density at radius 1 is 1.33 bits per heavy atom. The number of nitrogens with two attached hydrogens (primary N) is 1. The van der Waals surface area contributed by atoms with Crippen molar-refractivity contribution in [2.24, 2.45) is 0 Å². The molecule has 2 N–H and O–H groups in total. The summed E-state index contributed by atoms with van der Waals surface area (Å²) >= 11 is 0. The van der Waals surface area contributed by atoms with Gasteiger partial charge in [0.05, 0.1) is 5.69 Å². The van der Waals surface area contributed by atoms with Gasteiger partial charge in [-0.15, -0.1) is 0 Å². The topological polar surface area (TPSA) is 53.1 Å². The molecule has 96 valence electrons. The summed E-state index contributed by atoms with van der Waals surface area (Å²) in [7, 11) is 0. The number of aromatic nitrogens is 2. The summed E-state index contributed by atoms with van der Waals surface area (Å²) < 4.78 is 20.2. The third-order valence-electron chi connectivity index (χ3n) is 2.59. The third-order valence-corrected chi connectivity index (χ3v) is 2.59. The van der Waals surface area contributed by atoms with Crippen LogP contribution in [0.1, 0.15) is 19.0 Å². The van der Waals surface area contributed by atoms with E-state index in [0.29, 0.717) is 17.3 Å². The number of hydrogen-bond donors (Lipinski definition) is 1. The molecule has 0 fully saturated rings. The van der Waals surface area contributed by atoms with Crippen LogP contribution in [0.4, 0.5) is 10.1 Å². The molecule has 0 spiro atoms. The van der Waals surface area contributed by atoms with E-state index in [2.05, 4.69) is 12.0 Å². The lowest BCUT2D eigenvalue weighted by atomic mass is 10.3. The molecular formula is C13H16FN3O. The maximum Gasteiger partial charge on any atom is 0.241 e. The maximum absolute atomic E-state index is 12.8. The minimum Gasteiger partial charge on any atom is -0.437 e. The van der Waals surface area contributed by atoms with E-state index in [4.69, 9.17) is 10.5 Å². The molecule has 1 heterocycles. The lowest BCUT2D eigenvalue weighted by Gasteiger charge is -2.08. The fourth-order valence-electron chi connectivity index (χ4n) is 1.66. The van der Waals surface area contributed by atoms with E-state index in [1.807, 2.05) is 6.92 Å². The molecule has 18 heavy (non-hydrogen) atoms. The molecular weight excluding hydrogens is 233 g/mol. The molecule has 0 saturated heterocycles. The van der Waals surface area contributed by atoms with E-state index in [1.165, 1.54) is 12.1 Å². The van der Waals surface area contributed by atoms with Gasteiger partial charge < -0.3 is 10.5 Å². The number of nitrogens with zero attached hydrogens (tertiary/aromatic N) is 2. The summed E-state index contributed by atoms with van der Waals surface area (Å²) in [5.41, 5.74) is 7.19. The van der Waals surface area contributed by atoms with Crippen LogP contribution in [-0.4, -0.2) is 9.78 Å². The summed E-state index contributed by atoms with van der Waals surface area (Å²) in [6.07, 6.45) is 0.931. The van der Waals surface area contributed by atoms with Crippen LogP contribution in [0.25, 0.3) is 0 Å².